The van der Waals surface area contributed by atoms with Crippen LogP contribution in [0.25, 0.3) is 0 Å². The van der Waals surface area contributed by atoms with Crippen molar-refractivity contribution in [3.63, 3.8) is 0 Å². The minimum absolute atomic E-state index is 0.122. The van der Waals surface area contributed by atoms with Gasteiger partial charge >= 0.3 is 0 Å². The van der Waals surface area contributed by atoms with E-state index in [1.165, 1.54) is 0 Å². The number of halogens is 3. The molecule has 1 heterocycles. The van der Waals surface area contributed by atoms with E-state index in [2.05, 4.69) is 33.8 Å². The molecule has 0 bridgehead atoms. The van der Waals surface area contributed by atoms with E-state index in [9.17, 15) is 0 Å². The summed E-state index contributed by atoms with van der Waals surface area (Å²) in [7, 11) is 0. The number of nitrogens with zero attached hydrogens (tertiary/aromatic N) is 1. The van der Waals surface area contributed by atoms with Gasteiger partial charge in [0.2, 0.25) is 0 Å². The molecular formula is C13H16BrCl2NO. The number of alkyl halides is 1. The van der Waals surface area contributed by atoms with Gasteiger partial charge in [0, 0.05) is 34.5 Å². The summed E-state index contributed by atoms with van der Waals surface area (Å²) in [5.74, 6) is 0.539. The Morgan fingerprint density at radius 1 is 1.50 bits per heavy atom. The Balaban J connectivity index is 2.07. The fourth-order valence-corrected chi connectivity index (χ4v) is 2.98. The molecule has 2 atom stereocenters. The third-order valence-electron chi connectivity index (χ3n) is 3.20. The lowest BCUT2D eigenvalue weighted by molar-refractivity contribution is -0.0510. The van der Waals surface area contributed by atoms with Gasteiger partial charge in [-0.15, -0.1) is 11.6 Å². The van der Waals surface area contributed by atoms with Crippen molar-refractivity contribution in [1.82, 2.24) is 4.90 Å². The van der Waals surface area contributed by atoms with E-state index in [0.29, 0.717) is 11.9 Å². The Morgan fingerprint density at radius 3 is 2.94 bits per heavy atom. The van der Waals surface area contributed by atoms with Crippen LogP contribution in [0.4, 0.5) is 0 Å². The Kier molecular flexibility index (Phi) is 5.34. The third-order valence-corrected chi connectivity index (χ3v) is 4.38. The maximum Gasteiger partial charge on any atom is 0.0838 e. The van der Waals surface area contributed by atoms with Crippen LogP contribution in [-0.4, -0.2) is 36.1 Å². The molecule has 1 saturated heterocycles. The first-order chi connectivity index (χ1) is 8.60. The zero-order valence-electron chi connectivity index (χ0n) is 10.2. The summed E-state index contributed by atoms with van der Waals surface area (Å²) in [5.41, 5.74) is 1.14. The molecular weight excluding hydrogens is 337 g/mol. The molecule has 2 nitrogen and oxygen atoms in total. The first-order valence-corrected chi connectivity index (χ1v) is 7.66. The summed E-state index contributed by atoms with van der Waals surface area (Å²) in [5, 5.41) is 0.797. The third kappa shape index (κ3) is 3.61. The predicted molar refractivity (Wildman–Crippen MR) is 79.5 cm³/mol. The largest absolute Gasteiger partial charge is 0.374 e. The smallest absolute Gasteiger partial charge is 0.0838 e. The van der Waals surface area contributed by atoms with Gasteiger partial charge in [0.1, 0.15) is 0 Å². The van der Waals surface area contributed by atoms with Gasteiger partial charge in [0.15, 0.2) is 0 Å². The second kappa shape index (κ2) is 6.58. The Bertz CT molecular complexity index is 416. The lowest BCUT2D eigenvalue weighted by Gasteiger charge is -2.37. The molecule has 1 fully saturated rings. The maximum absolute atomic E-state index is 6.25. The van der Waals surface area contributed by atoms with E-state index in [1.807, 2.05) is 12.1 Å². The topological polar surface area (TPSA) is 12.5 Å². The zero-order chi connectivity index (χ0) is 13.1. The lowest BCUT2D eigenvalue weighted by Crippen LogP contribution is -2.48. The Morgan fingerprint density at radius 2 is 2.28 bits per heavy atom. The van der Waals surface area contributed by atoms with Crippen molar-refractivity contribution < 1.29 is 4.74 Å². The first-order valence-electron chi connectivity index (χ1n) is 5.95. The number of morpholine rings is 1. The van der Waals surface area contributed by atoms with Crippen LogP contribution in [-0.2, 0) is 11.3 Å². The summed E-state index contributed by atoms with van der Waals surface area (Å²) in [4.78, 5) is 2.37. The normalized spacial score (nSPS) is 25.3. The van der Waals surface area contributed by atoms with Crippen molar-refractivity contribution in [2.75, 3.05) is 19.0 Å². The molecule has 5 heteroatoms. The molecule has 0 amide bonds. The number of hydrogen-bond donors (Lipinski definition) is 0. The van der Waals surface area contributed by atoms with E-state index < -0.39 is 0 Å². The van der Waals surface area contributed by atoms with Crippen molar-refractivity contribution in [3.05, 3.63) is 33.3 Å². The molecule has 1 aromatic rings. The highest BCUT2D eigenvalue weighted by molar-refractivity contribution is 9.10. The summed E-state index contributed by atoms with van der Waals surface area (Å²) < 4.78 is 6.65. The zero-order valence-corrected chi connectivity index (χ0v) is 13.3. The van der Waals surface area contributed by atoms with Crippen molar-refractivity contribution in [1.29, 1.82) is 0 Å². The van der Waals surface area contributed by atoms with Gasteiger partial charge in [-0.05, 0) is 24.6 Å². The Labute approximate surface area is 126 Å². The van der Waals surface area contributed by atoms with Gasteiger partial charge in [-0.1, -0.05) is 33.6 Å². The van der Waals surface area contributed by atoms with Crippen molar-refractivity contribution >= 4 is 39.1 Å². The molecule has 1 aromatic carbocycles. The quantitative estimate of drug-likeness (QED) is 0.764. The maximum atomic E-state index is 6.25. The lowest BCUT2D eigenvalue weighted by atomic mass is 10.1. The number of rotatable bonds is 3. The van der Waals surface area contributed by atoms with Crippen LogP contribution < -0.4 is 0 Å². The monoisotopic (exact) mass is 351 g/mol. The highest BCUT2D eigenvalue weighted by Crippen LogP contribution is 2.24. The molecule has 0 aliphatic carbocycles. The molecule has 1 aliphatic rings. The molecule has 18 heavy (non-hydrogen) atoms. The van der Waals surface area contributed by atoms with Gasteiger partial charge in [0.05, 0.1) is 12.7 Å². The van der Waals surface area contributed by atoms with Crippen LogP contribution >= 0.6 is 39.1 Å². The van der Waals surface area contributed by atoms with Crippen molar-refractivity contribution in [2.45, 2.75) is 25.6 Å². The summed E-state index contributed by atoms with van der Waals surface area (Å²) in [6, 6.07) is 6.40. The fraction of sp³-hybridized carbons (Fsp3) is 0.538. The van der Waals surface area contributed by atoms with E-state index in [4.69, 9.17) is 27.9 Å². The van der Waals surface area contributed by atoms with Gasteiger partial charge in [-0.2, -0.15) is 0 Å². The van der Waals surface area contributed by atoms with Crippen molar-refractivity contribution in [3.8, 4) is 0 Å². The minimum atomic E-state index is 0.122. The Hall–Kier alpha value is 0.200. The average Bonchev–Trinajstić information content (AvgIpc) is 2.35. The fourth-order valence-electron chi connectivity index (χ4n) is 2.06. The molecule has 0 radical (unpaired) electrons. The van der Waals surface area contributed by atoms with Gasteiger partial charge < -0.3 is 4.74 Å². The van der Waals surface area contributed by atoms with Crippen molar-refractivity contribution in [2.24, 2.45) is 0 Å². The highest BCUT2D eigenvalue weighted by atomic mass is 79.9. The molecule has 0 saturated carbocycles. The number of benzene rings is 1. The van der Waals surface area contributed by atoms with E-state index in [1.54, 1.807) is 0 Å². The van der Waals surface area contributed by atoms with Crippen LogP contribution in [0, 0.1) is 0 Å². The molecule has 0 N–H and O–H groups in total. The van der Waals surface area contributed by atoms with Crippen LogP contribution in [0.3, 0.4) is 0 Å². The summed E-state index contributed by atoms with van der Waals surface area (Å²) in [6.07, 6.45) is 0.122. The molecule has 100 valence electrons. The van der Waals surface area contributed by atoms with E-state index >= 15 is 0 Å². The molecule has 2 unspecified atom stereocenters. The van der Waals surface area contributed by atoms with E-state index in [0.717, 1.165) is 34.8 Å². The highest BCUT2D eigenvalue weighted by Gasteiger charge is 2.25. The SMILES string of the molecule is CC1COC(CCl)CN1Cc1ccc(Br)cc1Cl. The standard InChI is InChI=1S/C13H16BrCl2NO/c1-9-8-18-12(5-15)7-17(9)6-10-2-3-11(14)4-13(10)16/h2-4,9,12H,5-8H2,1H3. The van der Waals surface area contributed by atoms with E-state index in [-0.39, 0.29) is 6.10 Å². The number of hydrogen-bond acceptors (Lipinski definition) is 2. The van der Waals surface area contributed by atoms with Crippen LogP contribution in [0.5, 0.6) is 0 Å². The van der Waals surface area contributed by atoms with Crippen LogP contribution in [0.15, 0.2) is 22.7 Å². The molecule has 1 aliphatic heterocycles. The van der Waals surface area contributed by atoms with Gasteiger partial charge in [0.25, 0.3) is 0 Å². The van der Waals surface area contributed by atoms with Gasteiger partial charge in [-0.25, -0.2) is 0 Å². The minimum Gasteiger partial charge on any atom is -0.374 e. The number of ether oxygens (including phenoxy) is 1. The second-order valence-electron chi connectivity index (χ2n) is 4.62. The summed E-state index contributed by atoms with van der Waals surface area (Å²) >= 11 is 15.5. The molecule has 0 spiro atoms. The predicted octanol–water partition coefficient (Wildman–Crippen LogP) is 3.93. The van der Waals surface area contributed by atoms with Crippen LogP contribution in [0.2, 0.25) is 5.02 Å². The second-order valence-corrected chi connectivity index (χ2v) is 6.26. The molecule has 2 rings (SSSR count). The first kappa shape index (κ1) is 14.6. The average molecular weight is 353 g/mol. The summed E-state index contributed by atoms with van der Waals surface area (Å²) in [6.45, 7) is 4.59. The van der Waals surface area contributed by atoms with Crippen LogP contribution in [0.1, 0.15) is 12.5 Å². The molecule has 0 aromatic heterocycles. The van der Waals surface area contributed by atoms with Gasteiger partial charge in [-0.3, -0.25) is 4.90 Å².